The molecule has 0 aliphatic carbocycles. The molecule has 8 nitrogen and oxygen atoms in total. The van der Waals surface area contributed by atoms with Gasteiger partial charge in [-0.05, 0) is 67.4 Å². The molecule has 0 atom stereocenters. The Labute approximate surface area is 219 Å². The summed E-state index contributed by atoms with van der Waals surface area (Å²) in [6.45, 7) is 3.59. The Bertz CT molecular complexity index is 1450. The molecule has 1 amide bonds. The lowest BCUT2D eigenvalue weighted by Crippen LogP contribution is -2.24. The Morgan fingerprint density at radius 3 is 2.61 bits per heavy atom. The van der Waals surface area contributed by atoms with Crippen molar-refractivity contribution in [2.45, 2.75) is 38.3 Å². The summed E-state index contributed by atoms with van der Waals surface area (Å²) in [4.78, 5) is 26.1. The third-order valence-corrected chi connectivity index (χ3v) is 7.23. The van der Waals surface area contributed by atoms with Crippen molar-refractivity contribution in [1.82, 2.24) is 30.0 Å². The SMILES string of the molecule is O=C(Nc1ccc(CN2CCCC2)nc1)c1n[nH]c2ccc(-c3cncc(CN4CCC(F)(F)C4)c3)cc12. The number of likely N-dealkylation sites (tertiary alicyclic amines) is 2. The average molecular weight is 518 g/mol. The summed E-state index contributed by atoms with van der Waals surface area (Å²) in [5, 5.41) is 10.8. The summed E-state index contributed by atoms with van der Waals surface area (Å²) < 4.78 is 27.2. The lowest BCUT2D eigenvalue weighted by atomic mass is 10.0. The van der Waals surface area contributed by atoms with E-state index in [9.17, 15) is 13.6 Å². The van der Waals surface area contributed by atoms with Crippen LogP contribution in [0.2, 0.25) is 0 Å². The smallest absolute Gasteiger partial charge is 0.276 e. The number of anilines is 1. The van der Waals surface area contributed by atoms with E-state index in [0.29, 0.717) is 24.2 Å². The molecule has 6 rings (SSSR count). The molecule has 4 aromatic rings. The Morgan fingerprint density at radius 1 is 0.974 bits per heavy atom. The Balaban J connectivity index is 1.17. The van der Waals surface area contributed by atoms with Crippen molar-refractivity contribution < 1.29 is 13.6 Å². The van der Waals surface area contributed by atoms with Gasteiger partial charge >= 0.3 is 0 Å². The van der Waals surface area contributed by atoms with Crippen LogP contribution < -0.4 is 5.32 Å². The van der Waals surface area contributed by atoms with Crippen molar-refractivity contribution in [1.29, 1.82) is 0 Å². The molecule has 196 valence electrons. The predicted octanol–water partition coefficient (Wildman–Crippen LogP) is 4.71. The number of halogens is 2. The van der Waals surface area contributed by atoms with E-state index in [1.165, 1.54) is 12.8 Å². The van der Waals surface area contributed by atoms with Gasteiger partial charge in [0.15, 0.2) is 5.69 Å². The number of pyridine rings is 2. The van der Waals surface area contributed by atoms with Crippen molar-refractivity contribution in [3.63, 3.8) is 0 Å². The Hall–Kier alpha value is -3.76. The van der Waals surface area contributed by atoms with E-state index in [1.54, 1.807) is 23.5 Å². The molecule has 2 fully saturated rings. The molecule has 0 spiro atoms. The number of aromatic amines is 1. The number of hydrogen-bond acceptors (Lipinski definition) is 6. The molecule has 1 aromatic carbocycles. The van der Waals surface area contributed by atoms with Crippen LogP contribution in [0.15, 0.2) is 55.0 Å². The molecule has 0 bridgehead atoms. The van der Waals surface area contributed by atoms with E-state index in [0.717, 1.165) is 47.5 Å². The maximum atomic E-state index is 13.6. The van der Waals surface area contributed by atoms with Crippen LogP contribution in [-0.2, 0) is 13.1 Å². The van der Waals surface area contributed by atoms with Crippen LogP contribution >= 0.6 is 0 Å². The van der Waals surface area contributed by atoms with Gasteiger partial charge < -0.3 is 5.32 Å². The zero-order valence-electron chi connectivity index (χ0n) is 21.0. The molecular weight excluding hydrogens is 488 g/mol. The molecule has 0 unspecified atom stereocenters. The summed E-state index contributed by atoms with van der Waals surface area (Å²) in [5.74, 6) is -2.95. The van der Waals surface area contributed by atoms with Gasteiger partial charge in [-0.1, -0.05) is 6.07 Å². The topological polar surface area (TPSA) is 90.0 Å². The van der Waals surface area contributed by atoms with Crippen LogP contribution in [0.25, 0.3) is 22.0 Å². The van der Waals surface area contributed by atoms with E-state index in [2.05, 4.69) is 30.4 Å². The predicted molar refractivity (Wildman–Crippen MR) is 141 cm³/mol. The van der Waals surface area contributed by atoms with Crippen molar-refractivity contribution in [3.05, 3.63) is 71.9 Å². The van der Waals surface area contributed by atoms with E-state index in [4.69, 9.17) is 0 Å². The normalized spacial score (nSPS) is 17.8. The number of benzene rings is 1. The van der Waals surface area contributed by atoms with E-state index in [-0.39, 0.29) is 24.6 Å². The summed E-state index contributed by atoms with van der Waals surface area (Å²) in [5.41, 5.74) is 5.19. The number of rotatable bonds is 7. The van der Waals surface area contributed by atoms with Gasteiger partial charge in [0.2, 0.25) is 0 Å². The third-order valence-electron chi connectivity index (χ3n) is 7.23. The van der Waals surface area contributed by atoms with Crippen molar-refractivity contribution in [2.75, 3.05) is 31.5 Å². The van der Waals surface area contributed by atoms with Crippen LogP contribution in [0.4, 0.5) is 14.5 Å². The third kappa shape index (κ3) is 5.41. The molecule has 2 aliphatic rings. The maximum absolute atomic E-state index is 13.6. The van der Waals surface area contributed by atoms with Crippen LogP contribution in [-0.4, -0.2) is 68.0 Å². The van der Waals surface area contributed by atoms with Gasteiger partial charge in [-0.2, -0.15) is 5.10 Å². The number of nitrogens with one attached hydrogen (secondary N) is 2. The molecule has 2 aliphatic heterocycles. The largest absolute Gasteiger partial charge is 0.319 e. The molecule has 2 N–H and O–H groups in total. The minimum absolute atomic E-state index is 0.110. The first kappa shape index (κ1) is 24.6. The number of carbonyl (C=O) groups is 1. The fraction of sp³-hybridized carbons (Fsp3) is 0.357. The monoisotopic (exact) mass is 517 g/mol. The molecule has 10 heteroatoms. The van der Waals surface area contributed by atoms with Gasteiger partial charge in [-0.25, -0.2) is 8.78 Å². The molecule has 5 heterocycles. The van der Waals surface area contributed by atoms with Crippen molar-refractivity contribution >= 4 is 22.5 Å². The van der Waals surface area contributed by atoms with Crippen LogP contribution in [0.1, 0.15) is 41.0 Å². The van der Waals surface area contributed by atoms with Crippen molar-refractivity contribution in [3.8, 4) is 11.1 Å². The van der Waals surface area contributed by atoms with Crippen LogP contribution in [0.3, 0.4) is 0 Å². The van der Waals surface area contributed by atoms with Crippen LogP contribution in [0.5, 0.6) is 0 Å². The first-order valence-corrected chi connectivity index (χ1v) is 12.9. The second kappa shape index (κ2) is 10.2. The number of alkyl halides is 2. The number of nitrogens with zero attached hydrogens (tertiary/aromatic N) is 5. The molecule has 38 heavy (non-hydrogen) atoms. The minimum atomic E-state index is -2.62. The molecule has 0 saturated carbocycles. The quantitative estimate of drug-likeness (QED) is 0.369. The Morgan fingerprint density at radius 2 is 1.84 bits per heavy atom. The highest BCUT2D eigenvalue weighted by Gasteiger charge is 2.37. The number of hydrogen-bond donors (Lipinski definition) is 2. The van der Waals surface area contributed by atoms with Crippen molar-refractivity contribution in [2.24, 2.45) is 0 Å². The molecule has 3 aromatic heterocycles. The minimum Gasteiger partial charge on any atom is -0.319 e. The number of H-pyrrole nitrogens is 1. The van der Waals surface area contributed by atoms with Gasteiger partial charge in [0, 0.05) is 49.4 Å². The second-order valence-corrected chi connectivity index (χ2v) is 10.2. The first-order chi connectivity index (χ1) is 18.4. The van der Waals surface area contributed by atoms with E-state index >= 15 is 0 Å². The second-order valence-electron chi connectivity index (χ2n) is 10.2. The molecule has 2 saturated heterocycles. The van der Waals surface area contributed by atoms with E-state index < -0.39 is 5.92 Å². The highest BCUT2D eigenvalue weighted by Crippen LogP contribution is 2.29. The summed E-state index contributed by atoms with van der Waals surface area (Å²) in [6, 6.07) is 11.5. The van der Waals surface area contributed by atoms with Gasteiger partial charge in [0.25, 0.3) is 11.8 Å². The first-order valence-electron chi connectivity index (χ1n) is 12.9. The highest BCUT2D eigenvalue weighted by molar-refractivity contribution is 6.11. The summed E-state index contributed by atoms with van der Waals surface area (Å²) in [7, 11) is 0. The Kier molecular flexibility index (Phi) is 6.59. The lowest BCUT2D eigenvalue weighted by molar-refractivity contribution is 0.0115. The number of amides is 1. The zero-order chi connectivity index (χ0) is 26.1. The summed E-state index contributed by atoms with van der Waals surface area (Å²) >= 11 is 0. The van der Waals surface area contributed by atoms with Gasteiger partial charge in [0.1, 0.15) is 0 Å². The molecule has 0 radical (unpaired) electrons. The lowest BCUT2D eigenvalue weighted by Gasteiger charge is -2.15. The zero-order valence-corrected chi connectivity index (χ0v) is 21.0. The molecular formula is C28H29F2N7O. The fourth-order valence-corrected chi connectivity index (χ4v) is 5.25. The number of aromatic nitrogens is 4. The average Bonchev–Trinajstić information content (AvgIpc) is 3.65. The summed E-state index contributed by atoms with van der Waals surface area (Å²) in [6.07, 6.45) is 7.47. The van der Waals surface area contributed by atoms with Crippen LogP contribution in [0, 0.1) is 0 Å². The van der Waals surface area contributed by atoms with Gasteiger partial charge in [-0.3, -0.25) is 29.7 Å². The highest BCUT2D eigenvalue weighted by atomic mass is 19.3. The maximum Gasteiger partial charge on any atom is 0.276 e. The number of carbonyl (C=O) groups excluding carboxylic acids is 1. The van der Waals surface area contributed by atoms with E-state index in [1.807, 2.05) is 36.4 Å². The number of fused-ring (bicyclic) bond motifs is 1. The standard InChI is InChI=1S/C28H29F2N7O/c29-28(30)7-10-37(18-28)16-19-11-21(14-31-13-19)20-3-6-25-24(12-20)26(35-34-25)27(38)33-22-4-5-23(32-15-22)17-36-8-1-2-9-36/h3-6,11-15H,1-2,7-10,16-18H2,(H,33,38)(H,34,35). The van der Waals surface area contributed by atoms with Gasteiger partial charge in [-0.15, -0.1) is 0 Å². The fourth-order valence-electron chi connectivity index (χ4n) is 5.25. The van der Waals surface area contributed by atoms with Gasteiger partial charge in [0.05, 0.1) is 29.6 Å².